The second kappa shape index (κ2) is 3.65. The number of carbonyl (C=O) groups is 2. The van der Waals surface area contributed by atoms with Gasteiger partial charge in [0.15, 0.2) is 0 Å². The minimum atomic E-state index is -4.55. The normalized spacial score (nSPS) is 15.8. The van der Waals surface area contributed by atoms with Crippen molar-refractivity contribution >= 4 is 17.7 Å². The maximum absolute atomic E-state index is 12.4. The molecule has 1 aliphatic heterocycles. The number of azo groups is 1. The van der Waals surface area contributed by atoms with Crippen molar-refractivity contribution in [1.29, 1.82) is 0 Å². The van der Waals surface area contributed by atoms with E-state index < -0.39 is 23.8 Å². The number of halogens is 3. The van der Waals surface area contributed by atoms with Gasteiger partial charge in [-0.25, -0.2) is 14.5 Å². The molecule has 2 rings (SSSR count). The third-order valence-corrected chi connectivity index (χ3v) is 2.04. The van der Waals surface area contributed by atoms with Gasteiger partial charge in [-0.05, 0) is 18.2 Å². The molecule has 88 valence electrons. The van der Waals surface area contributed by atoms with Gasteiger partial charge in [0.25, 0.3) is 0 Å². The molecule has 1 aromatic carbocycles. The van der Waals surface area contributed by atoms with E-state index in [-0.39, 0.29) is 5.69 Å². The molecule has 1 heterocycles. The van der Waals surface area contributed by atoms with E-state index in [2.05, 4.69) is 10.2 Å². The number of carbonyl (C=O) groups excluding carboxylic acids is 2. The molecule has 17 heavy (non-hydrogen) atoms. The molecule has 1 aliphatic rings. The fourth-order valence-corrected chi connectivity index (χ4v) is 1.30. The number of benzene rings is 1. The van der Waals surface area contributed by atoms with Crippen molar-refractivity contribution in [2.45, 2.75) is 6.18 Å². The first kappa shape index (κ1) is 11.2. The van der Waals surface area contributed by atoms with Gasteiger partial charge >= 0.3 is 18.2 Å². The Morgan fingerprint density at radius 1 is 1.06 bits per heavy atom. The van der Waals surface area contributed by atoms with Crippen LogP contribution in [0.1, 0.15) is 5.56 Å². The molecule has 0 bridgehead atoms. The van der Waals surface area contributed by atoms with Gasteiger partial charge in [-0.3, -0.25) is 0 Å². The standard InChI is InChI=1S/C9H4F3N3O2/c10-9(11,12)5-2-1-3-6(4-5)15-7(16)13-14-8(15)17/h1-4H. The Labute approximate surface area is 92.5 Å². The summed E-state index contributed by atoms with van der Waals surface area (Å²) in [6.07, 6.45) is -4.55. The van der Waals surface area contributed by atoms with E-state index in [1.165, 1.54) is 6.07 Å². The third-order valence-electron chi connectivity index (χ3n) is 2.04. The Hall–Kier alpha value is -2.25. The summed E-state index contributed by atoms with van der Waals surface area (Å²) >= 11 is 0. The quantitative estimate of drug-likeness (QED) is 0.760. The number of imide groups is 1. The SMILES string of the molecule is O=C1N=NC(=O)N1c1cccc(C(F)(F)F)c1. The topological polar surface area (TPSA) is 62.1 Å². The smallest absolute Gasteiger partial charge is 0.243 e. The number of hydrogen-bond donors (Lipinski definition) is 0. The average Bonchev–Trinajstić information content (AvgIpc) is 2.57. The number of amides is 4. The molecule has 0 fully saturated rings. The van der Waals surface area contributed by atoms with E-state index in [9.17, 15) is 22.8 Å². The first-order valence-electron chi connectivity index (χ1n) is 4.36. The van der Waals surface area contributed by atoms with Crippen LogP contribution in [0.2, 0.25) is 0 Å². The number of rotatable bonds is 1. The van der Waals surface area contributed by atoms with Crippen molar-refractivity contribution in [2.24, 2.45) is 10.2 Å². The Balaban J connectivity index is 2.41. The van der Waals surface area contributed by atoms with E-state index in [1.807, 2.05) is 0 Å². The second-order valence-corrected chi connectivity index (χ2v) is 3.15. The van der Waals surface area contributed by atoms with Gasteiger partial charge < -0.3 is 0 Å². The van der Waals surface area contributed by atoms with E-state index in [1.54, 1.807) is 0 Å². The number of urea groups is 2. The van der Waals surface area contributed by atoms with E-state index in [4.69, 9.17) is 0 Å². The minimum absolute atomic E-state index is 0.208. The molecular formula is C9H4F3N3O2. The molecule has 1 aromatic rings. The van der Waals surface area contributed by atoms with E-state index in [0.717, 1.165) is 12.1 Å². The summed E-state index contributed by atoms with van der Waals surface area (Å²) in [6.45, 7) is 0. The molecule has 4 amide bonds. The predicted octanol–water partition coefficient (Wildman–Crippen LogP) is 3.22. The molecule has 0 radical (unpaired) electrons. The van der Waals surface area contributed by atoms with Gasteiger partial charge in [-0.2, -0.15) is 13.2 Å². The van der Waals surface area contributed by atoms with Crippen LogP contribution in [0, 0.1) is 0 Å². The van der Waals surface area contributed by atoms with Gasteiger partial charge in [0.2, 0.25) is 0 Å². The third kappa shape index (κ3) is 2.01. The fraction of sp³-hybridized carbons (Fsp3) is 0.111. The summed E-state index contributed by atoms with van der Waals surface area (Å²) in [7, 11) is 0. The molecule has 8 heteroatoms. The molecule has 0 aliphatic carbocycles. The van der Waals surface area contributed by atoms with Crippen LogP contribution in [-0.4, -0.2) is 12.1 Å². The molecule has 5 nitrogen and oxygen atoms in total. The molecular weight excluding hydrogens is 239 g/mol. The number of anilines is 1. The van der Waals surface area contributed by atoms with Crippen molar-refractivity contribution in [3.05, 3.63) is 29.8 Å². The number of hydrogen-bond acceptors (Lipinski definition) is 2. The van der Waals surface area contributed by atoms with Crippen LogP contribution in [0.3, 0.4) is 0 Å². The lowest BCUT2D eigenvalue weighted by molar-refractivity contribution is -0.137. The highest BCUT2D eigenvalue weighted by atomic mass is 19.4. The van der Waals surface area contributed by atoms with Crippen molar-refractivity contribution < 1.29 is 22.8 Å². The van der Waals surface area contributed by atoms with Crippen LogP contribution in [0.4, 0.5) is 28.4 Å². The molecule has 0 aromatic heterocycles. The minimum Gasteiger partial charge on any atom is -0.243 e. The second-order valence-electron chi connectivity index (χ2n) is 3.15. The average molecular weight is 243 g/mol. The molecule has 0 N–H and O–H groups in total. The van der Waals surface area contributed by atoms with Gasteiger partial charge in [-0.15, -0.1) is 0 Å². The van der Waals surface area contributed by atoms with Gasteiger partial charge in [0, 0.05) is 0 Å². The zero-order valence-corrected chi connectivity index (χ0v) is 8.10. The van der Waals surface area contributed by atoms with Crippen LogP contribution in [-0.2, 0) is 6.18 Å². The fourth-order valence-electron chi connectivity index (χ4n) is 1.30. The summed E-state index contributed by atoms with van der Waals surface area (Å²) < 4.78 is 37.2. The Morgan fingerprint density at radius 2 is 1.65 bits per heavy atom. The molecule has 0 saturated heterocycles. The first-order valence-corrected chi connectivity index (χ1v) is 4.36. The molecule has 0 saturated carbocycles. The highest BCUT2D eigenvalue weighted by Gasteiger charge is 2.34. The zero-order valence-electron chi connectivity index (χ0n) is 8.10. The number of nitrogens with zero attached hydrogens (tertiary/aromatic N) is 3. The Morgan fingerprint density at radius 3 is 2.18 bits per heavy atom. The van der Waals surface area contributed by atoms with Crippen LogP contribution in [0.25, 0.3) is 0 Å². The Kier molecular flexibility index (Phi) is 2.41. The highest BCUT2D eigenvalue weighted by molar-refractivity contribution is 6.17. The van der Waals surface area contributed by atoms with Crippen molar-refractivity contribution in [3.63, 3.8) is 0 Å². The highest BCUT2D eigenvalue weighted by Crippen LogP contribution is 2.32. The summed E-state index contributed by atoms with van der Waals surface area (Å²) in [4.78, 5) is 22.7. The zero-order chi connectivity index (χ0) is 12.6. The lowest BCUT2D eigenvalue weighted by Gasteiger charge is -2.13. The summed E-state index contributed by atoms with van der Waals surface area (Å²) in [6, 6.07) is 1.80. The van der Waals surface area contributed by atoms with E-state index >= 15 is 0 Å². The van der Waals surface area contributed by atoms with Crippen LogP contribution in [0.5, 0.6) is 0 Å². The van der Waals surface area contributed by atoms with Crippen molar-refractivity contribution in [1.82, 2.24) is 0 Å². The molecule has 0 unspecified atom stereocenters. The predicted molar refractivity (Wildman–Crippen MR) is 49.6 cm³/mol. The summed E-state index contributed by atoms with van der Waals surface area (Å²) in [5.74, 6) is 0. The first-order chi connectivity index (χ1) is 7.89. The monoisotopic (exact) mass is 243 g/mol. The lowest BCUT2D eigenvalue weighted by Crippen LogP contribution is -2.27. The maximum atomic E-state index is 12.4. The van der Waals surface area contributed by atoms with Crippen molar-refractivity contribution in [2.75, 3.05) is 4.90 Å². The van der Waals surface area contributed by atoms with Crippen LogP contribution < -0.4 is 4.90 Å². The summed E-state index contributed by atoms with van der Waals surface area (Å²) in [5, 5.41) is 5.90. The van der Waals surface area contributed by atoms with Crippen molar-refractivity contribution in [3.8, 4) is 0 Å². The lowest BCUT2D eigenvalue weighted by atomic mass is 10.2. The van der Waals surface area contributed by atoms with Gasteiger partial charge in [-0.1, -0.05) is 16.3 Å². The van der Waals surface area contributed by atoms with Gasteiger partial charge in [0.05, 0.1) is 11.3 Å². The number of alkyl halides is 3. The molecule has 0 atom stereocenters. The van der Waals surface area contributed by atoms with Crippen LogP contribution >= 0.6 is 0 Å². The largest absolute Gasteiger partial charge is 0.416 e. The van der Waals surface area contributed by atoms with Gasteiger partial charge in [0.1, 0.15) is 0 Å². The summed E-state index contributed by atoms with van der Waals surface area (Å²) in [5.41, 5.74) is -1.16. The molecule has 0 spiro atoms. The maximum Gasteiger partial charge on any atom is 0.416 e. The Bertz CT molecular complexity index is 506. The van der Waals surface area contributed by atoms with E-state index in [0.29, 0.717) is 11.0 Å². The van der Waals surface area contributed by atoms with Crippen LogP contribution in [0.15, 0.2) is 34.5 Å².